The minimum atomic E-state index is -0.0886. The molecule has 22 heavy (non-hydrogen) atoms. The van der Waals surface area contributed by atoms with Gasteiger partial charge in [-0.3, -0.25) is 4.79 Å². The Labute approximate surface area is 133 Å². The van der Waals surface area contributed by atoms with Crippen molar-refractivity contribution >= 4 is 42.0 Å². The third-order valence-corrected chi connectivity index (χ3v) is 6.11. The van der Waals surface area contributed by atoms with Crippen molar-refractivity contribution in [3.63, 3.8) is 0 Å². The zero-order valence-electron chi connectivity index (χ0n) is 13.7. The van der Waals surface area contributed by atoms with Crippen molar-refractivity contribution in [2.75, 3.05) is 38.0 Å². The van der Waals surface area contributed by atoms with E-state index in [1.165, 1.54) is 0 Å². The lowest BCUT2D eigenvalue weighted by Gasteiger charge is -2.13. The van der Waals surface area contributed by atoms with Crippen molar-refractivity contribution in [1.29, 1.82) is 0 Å². The van der Waals surface area contributed by atoms with Crippen LogP contribution < -0.4 is 15.2 Å². The molecule has 3 rings (SSSR count). The van der Waals surface area contributed by atoms with Gasteiger partial charge in [0.05, 0.1) is 10.8 Å². The van der Waals surface area contributed by atoms with Gasteiger partial charge >= 0.3 is 0 Å². The van der Waals surface area contributed by atoms with E-state index in [2.05, 4.69) is 28.2 Å². The Balaban J connectivity index is 2.45. The number of fused-ring (bicyclic) bond motifs is 2. The topological polar surface area (TPSA) is 23.6 Å². The van der Waals surface area contributed by atoms with E-state index in [1.807, 2.05) is 52.5 Å². The molecule has 114 valence electrons. The van der Waals surface area contributed by atoms with Crippen LogP contribution in [0.5, 0.6) is 0 Å². The van der Waals surface area contributed by atoms with Crippen LogP contribution in [0.15, 0.2) is 41.2 Å². The minimum Gasteiger partial charge on any atom is -0.377 e. The van der Waals surface area contributed by atoms with Crippen LogP contribution in [0.4, 0.5) is 11.4 Å². The fourth-order valence-electron chi connectivity index (χ4n) is 2.72. The first-order valence-corrected chi connectivity index (χ1v) is 8.87. The molecule has 0 radical (unpaired) electrons. The van der Waals surface area contributed by atoms with Crippen molar-refractivity contribution in [2.45, 2.75) is 0 Å². The Morgan fingerprint density at radius 3 is 1.55 bits per heavy atom. The van der Waals surface area contributed by atoms with Gasteiger partial charge in [0.1, 0.15) is 6.26 Å². The molecular formula is C18H21N2OS+. The normalized spacial score (nSPS) is 11.1. The molecule has 0 aliphatic carbocycles. The standard InChI is InChI=1S/C18H21N2OS/c1-19(2)12-6-8-14-16(10-12)22(5)17-11-13(20(3)4)7-9-15(17)18(14)21/h6-11H,1-5H3/q+1. The summed E-state index contributed by atoms with van der Waals surface area (Å²) in [6.07, 6.45) is 2.21. The molecule has 0 atom stereocenters. The maximum Gasteiger partial charge on any atom is 0.203 e. The molecule has 0 fully saturated rings. The summed E-state index contributed by atoms with van der Waals surface area (Å²) in [5, 5.41) is 1.70. The molecule has 0 N–H and O–H groups in total. The average molecular weight is 313 g/mol. The molecule has 0 saturated heterocycles. The second kappa shape index (κ2) is 5.29. The van der Waals surface area contributed by atoms with E-state index >= 15 is 0 Å². The fraction of sp³-hybridized carbons (Fsp3) is 0.278. The molecule has 1 heterocycles. The maximum absolute atomic E-state index is 12.8. The van der Waals surface area contributed by atoms with Gasteiger partial charge < -0.3 is 9.80 Å². The van der Waals surface area contributed by atoms with E-state index in [0.717, 1.165) is 31.5 Å². The molecule has 0 saturated carbocycles. The number of rotatable bonds is 2. The van der Waals surface area contributed by atoms with E-state index < -0.39 is 0 Å². The van der Waals surface area contributed by atoms with Gasteiger partial charge in [0.15, 0.2) is 9.40 Å². The highest BCUT2D eigenvalue weighted by atomic mass is 32.2. The first-order valence-electron chi connectivity index (χ1n) is 7.23. The summed E-state index contributed by atoms with van der Waals surface area (Å²) in [7, 11) is 8.02. The van der Waals surface area contributed by atoms with Crippen molar-refractivity contribution in [2.24, 2.45) is 6.26 Å². The highest BCUT2D eigenvalue weighted by Crippen LogP contribution is 2.36. The monoisotopic (exact) mass is 313 g/mol. The Kier molecular flexibility index (Phi) is 3.57. The fourth-order valence-corrected chi connectivity index (χ4v) is 4.54. The molecule has 3 nitrogen and oxygen atoms in total. The molecule has 2 aromatic carbocycles. The summed E-state index contributed by atoms with van der Waals surface area (Å²) in [5.41, 5.74) is 2.42. The summed E-state index contributed by atoms with van der Waals surface area (Å²) in [4.78, 5) is 16.9. The van der Waals surface area contributed by atoms with Crippen LogP contribution in [-0.2, 0) is 6.26 Å². The van der Waals surface area contributed by atoms with Gasteiger partial charge in [-0.25, -0.2) is 0 Å². The first-order chi connectivity index (χ1) is 10.4. The molecule has 0 aliphatic rings. The van der Waals surface area contributed by atoms with Crippen LogP contribution >= 0.6 is 10.5 Å². The summed E-state index contributed by atoms with van der Waals surface area (Å²) >= 11 is 0. The number of benzene rings is 2. The number of aryl methyl sites for hydroxylation is 1. The van der Waals surface area contributed by atoms with E-state index in [1.54, 1.807) is 0 Å². The predicted molar refractivity (Wildman–Crippen MR) is 99.8 cm³/mol. The third kappa shape index (κ3) is 2.24. The van der Waals surface area contributed by atoms with Gasteiger partial charge in [0, 0.05) is 51.7 Å². The van der Waals surface area contributed by atoms with Crippen LogP contribution in [0.2, 0.25) is 0 Å². The number of nitrogens with zero attached hydrogens (tertiary/aromatic N) is 2. The molecule has 0 unspecified atom stereocenters. The van der Waals surface area contributed by atoms with Crippen molar-refractivity contribution in [3.05, 3.63) is 46.6 Å². The van der Waals surface area contributed by atoms with Crippen molar-refractivity contribution in [1.82, 2.24) is 0 Å². The molecule has 0 aliphatic heterocycles. The lowest BCUT2D eigenvalue weighted by atomic mass is 10.1. The lowest BCUT2D eigenvalue weighted by molar-refractivity contribution is 1.13. The summed E-state index contributed by atoms with van der Waals surface area (Å²) in [6.45, 7) is 0. The molecule has 1 aromatic heterocycles. The van der Waals surface area contributed by atoms with E-state index in [-0.39, 0.29) is 15.9 Å². The molecule has 3 aromatic rings. The number of hydrogen-bond acceptors (Lipinski definition) is 3. The van der Waals surface area contributed by atoms with Crippen LogP contribution in [0.3, 0.4) is 0 Å². The highest BCUT2D eigenvalue weighted by Gasteiger charge is 2.18. The highest BCUT2D eigenvalue weighted by molar-refractivity contribution is 7.40. The number of anilines is 2. The third-order valence-electron chi connectivity index (χ3n) is 4.11. The van der Waals surface area contributed by atoms with E-state index in [0.29, 0.717) is 0 Å². The molecule has 0 bridgehead atoms. The van der Waals surface area contributed by atoms with Crippen LogP contribution in [0.1, 0.15) is 0 Å². The van der Waals surface area contributed by atoms with Gasteiger partial charge in [-0.1, -0.05) is 0 Å². The molecule has 4 heteroatoms. The number of hydrogen-bond donors (Lipinski definition) is 0. The van der Waals surface area contributed by atoms with Gasteiger partial charge in [-0.15, -0.1) is 0 Å². The Morgan fingerprint density at radius 2 is 1.18 bits per heavy atom. The summed E-state index contributed by atoms with van der Waals surface area (Å²) < 4.78 is 2.30. The summed E-state index contributed by atoms with van der Waals surface area (Å²) in [5.74, 6) is 0. The Hall–Kier alpha value is -2.07. The van der Waals surface area contributed by atoms with E-state index in [4.69, 9.17) is 0 Å². The van der Waals surface area contributed by atoms with Gasteiger partial charge in [-0.05, 0) is 34.7 Å². The lowest BCUT2D eigenvalue weighted by Crippen LogP contribution is -2.10. The second-order valence-corrected chi connectivity index (χ2v) is 7.89. The van der Waals surface area contributed by atoms with Crippen LogP contribution in [0.25, 0.3) is 20.2 Å². The minimum absolute atomic E-state index is 0.0886. The summed E-state index contributed by atoms with van der Waals surface area (Å²) in [6, 6.07) is 12.3. The van der Waals surface area contributed by atoms with Crippen molar-refractivity contribution in [3.8, 4) is 0 Å². The molecular weight excluding hydrogens is 292 g/mol. The smallest absolute Gasteiger partial charge is 0.203 e. The Morgan fingerprint density at radius 1 is 0.773 bits per heavy atom. The zero-order chi connectivity index (χ0) is 16.0. The SMILES string of the molecule is CN(C)c1ccc2c(=O)c3ccc(N(C)C)cc3[s+](C)c2c1. The van der Waals surface area contributed by atoms with Gasteiger partial charge in [0.25, 0.3) is 0 Å². The quantitative estimate of drug-likeness (QED) is 0.531. The maximum atomic E-state index is 12.8. The zero-order valence-corrected chi connectivity index (χ0v) is 14.5. The average Bonchev–Trinajstić information content (AvgIpc) is 2.51. The molecule has 0 spiro atoms. The van der Waals surface area contributed by atoms with Gasteiger partial charge in [0.2, 0.25) is 5.43 Å². The van der Waals surface area contributed by atoms with Crippen molar-refractivity contribution < 1.29 is 0 Å². The molecule has 0 amide bonds. The second-order valence-electron chi connectivity index (χ2n) is 5.99. The first kappa shape index (κ1) is 14.9. The van der Waals surface area contributed by atoms with Crippen LogP contribution in [-0.4, -0.2) is 28.2 Å². The van der Waals surface area contributed by atoms with Gasteiger partial charge in [-0.2, -0.15) is 0 Å². The van der Waals surface area contributed by atoms with E-state index in [9.17, 15) is 4.79 Å². The van der Waals surface area contributed by atoms with Crippen LogP contribution in [0, 0.1) is 0 Å². The Bertz CT molecular complexity index is 854. The predicted octanol–water partition coefficient (Wildman–Crippen LogP) is 3.77. The largest absolute Gasteiger partial charge is 0.377 e.